The molecule has 2 aliphatic heterocycles. The van der Waals surface area contributed by atoms with Gasteiger partial charge in [0.25, 0.3) is 5.91 Å². The molecule has 0 radical (unpaired) electrons. The summed E-state index contributed by atoms with van der Waals surface area (Å²) in [5.41, 5.74) is 1.53. The van der Waals surface area contributed by atoms with Crippen molar-refractivity contribution in [1.82, 2.24) is 5.32 Å². The molecule has 5 nitrogen and oxygen atoms in total. The van der Waals surface area contributed by atoms with Crippen molar-refractivity contribution in [3.63, 3.8) is 0 Å². The molecule has 0 bridgehead atoms. The van der Waals surface area contributed by atoms with Crippen LogP contribution < -0.4 is 5.32 Å². The van der Waals surface area contributed by atoms with Gasteiger partial charge in [-0.3, -0.25) is 4.79 Å². The molecule has 28 heavy (non-hydrogen) atoms. The highest BCUT2D eigenvalue weighted by atomic mass is 16.6. The number of carbonyl (C=O) groups is 1. The number of amides is 1. The smallest absolute Gasteiger partial charge is 0.251 e. The van der Waals surface area contributed by atoms with Gasteiger partial charge in [-0.05, 0) is 52.2 Å². The molecule has 1 saturated carbocycles. The molecule has 4 rings (SSSR count). The molecule has 0 unspecified atom stereocenters. The van der Waals surface area contributed by atoms with Crippen molar-refractivity contribution in [3.05, 3.63) is 47.5 Å². The molecule has 2 saturated heterocycles. The van der Waals surface area contributed by atoms with Crippen LogP contribution in [0.4, 0.5) is 0 Å². The summed E-state index contributed by atoms with van der Waals surface area (Å²) >= 11 is 0. The number of epoxide rings is 2. The summed E-state index contributed by atoms with van der Waals surface area (Å²) in [4.78, 5) is 12.7. The Hall–Kier alpha value is -1.69. The third-order valence-electron chi connectivity index (χ3n) is 6.65. The van der Waals surface area contributed by atoms with Crippen LogP contribution in [0.15, 0.2) is 42.0 Å². The van der Waals surface area contributed by atoms with Crippen LogP contribution in [-0.2, 0) is 14.2 Å². The van der Waals surface area contributed by atoms with Gasteiger partial charge in [0.1, 0.15) is 5.60 Å². The maximum Gasteiger partial charge on any atom is 0.251 e. The molecular formula is C23H31NO4. The molecule has 3 fully saturated rings. The van der Waals surface area contributed by atoms with Crippen LogP contribution in [0.3, 0.4) is 0 Å². The summed E-state index contributed by atoms with van der Waals surface area (Å²) < 4.78 is 18.2. The van der Waals surface area contributed by atoms with E-state index >= 15 is 0 Å². The van der Waals surface area contributed by atoms with E-state index in [-0.39, 0.29) is 41.3 Å². The predicted octanol–water partition coefficient (Wildman–Crippen LogP) is 3.49. The molecule has 3 aliphatic rings. The zero-order chi connectivity index (χ0) is 19.9. The second-order valence-electron chi connectivity index (χ2n) is 8.82. The highest BCUT2D eigenvalue weighted by molar-refractivity contribution is 5.94. The molecule has 1 amide bonds. The minimum absolute atomic E-state index is 0.0531. The first-order valence-corrected chi connectivity index (χ1v) is 10.2. The number of rotatable bonds is 6. The minimum atomic E-state index is -0.279. The third kappa shape index (κ3) is 3.51. The fraction of sp³-hybridized carbons (Fsp3) is 0.609. The number of hydrogen-bond donors (Lipinski definition) is 1. The van der Waals surface area contributed by atoms with E-state index in [9.17, 15) is 4.79 Å². The summed E-state index contributed by atoms with van der Waals surface area (Å²) in [6, 6.07) is 9.30. The topological polar surface area (TPSA) is 63.4 Å². The molecule has 1 aromatic rings. The molecule has 1 spiro atoms. The predicted molar refractivity (Wildman–Crippen MR) is 107 cm³/mol. The van der Waals surface area contributed by atoms with Gasteiger partial charge in [0.15, 0.2) is 0 Å². The minimum Gasteiger partial charge on any atom is -0.379 e. The summed E-state index contributed by atoms with van der Waals surface area (Å²) in [6.45, 7) is 7.15. The Balaban J connectivity index is 1.52. The molecule has 1 N–H and O–H groups in total. The fourth-order valence-electron chi connectivity index (χ4n) is 4.98. The van der Waals surface area contributed by atoms with Crippen LogP contribution in [0.2, 0.25) is 0 Å². The first kappa shape index (κ1) is 19.6. The van der Waals surface area contributed by atoms with Crippen molar-refractivity contribution in [1.29, 1.82) is 0 Å². The van der Waals surface area contributed by atoms with Crippen molar-refractivity contribution in [2.75, 3.05) is 13.7 Å². The van der Waals surface area contributed by atoms with Crippen molar-refractivity contribution < 1.29 is 19.0 Å². The molecule has 6 atom stereocenters. The summed E-state index contributed by atoms with van der Waals surface area (Å²) in [5.74, 6) is 0.0532. The Morgan fingerprint density at radius 2 is 2.04 bits per heavy atom. The van der Waals surface area contributed by atoms with Crippen LogP contribution in [0.25, 0.3) is 0 Å². The van der Waals surface area contributed by atoms with Crippen LogP contribution in [-0.4, -0.2) is 49.1 Å². The second-order valence-corrected chi connectivity index (χ2v) is 8.82. The average Bonchev–Trinajstić information content (AvgIpc) is 3.60. The Labute approximate surface area is 167 Å². The van der Waals surface area contributed by atoms with Crippen molar-refractivity contribution in [3.8, 4) is 0 Å². The third-order valence-corrected chi connectivity index (χ3v) is 6.65. The second kappa shape index (κ2) is 7.29. The Kier molecular flexibility index (Phi) is 5.10. The molecule has 1 aliphatic carbocycles. The lowest BCUT2D eigenvalue weighted by Gasteiger charge is -2.43. The lowest BCUT2D eigenvalue weighted by Crippen LogP contribution is -2.59. The number of methoxy groups -OCH3 is 1. The summed E-state index contributed by atoms with van der Waals surface area (Å²) in [7, 11) is 1.73. The maximum absolute atomic E-state index is 12.7. The van der Waals surface area contributed by atoms with Gasteiger partial charge >= 0.3 is 0 Å². The Morgan fingerprint density at radius 1 is 1.32 bits per heavy atom. The molecule has 1 aromatic carbocycles. The molecular weight excluding hydrogens is 354 g/mol. The van der Waals surface area contributed by atoms with Gasteiger partial charge in [0.2, 0.25) is 0 Å². The van der Waals surface area contributed by atoms with E-state index in [1.165, 1.54) is 5.57 Å². The highest BCUT2D eigenvalue weighted by Gasteiger charge is 2.71. The van der Waals surface area contributed by atoms with Gasteiger partial charge in [-0.1, -0.05) is 29.8 Å². The van der Waals surface area contributed by atoms with E-state index in [2.05, 4.69) is 32.2 Å². The van der Waals surface area contributed by atoms with Crippen LogP contribution in [0, 0.1) is 5.92 Å². The van der Waals surface area contributed by atoms with Gasteiger partial charge in [-0.15, -0.1) is 0 Å². The first-order chi connectivity index (χ1) is 13.4. The van der Waals surface area contributed by atoms with Crippen LogP contribution in [0.5, 0.6) is 0 Å². The Morgan fingerprint density at radius 3 is 2.64 bits per heavy atom. The number of allylic oxidation sites excluding steroid dienone is 1. The molecule has 2 heterocycles. The van der Waals surface area contributed by atoms with E-state index in [4.69, 9.17) is 14.2 Å². The quantitative estimate of drug-likeness (QED) is 0.601. The lowest BCUT2D eigenvalue weighted by atomic mass is 9.67. The summed E-state index contributed by atoms with van der Waals surface area (Å²) in [5, 5.41) is 3.21. The van der Waals surface area contributed by atoms with Gasteiger partial charge in [-0.25, -0.2) is 0 Å². The number of nitrogens with one attached hydrogen (secondary N) is 1. The number of ether oxygens (including phenoxy) is 3. The number of carbonyl (C=O) groups excluding carboxylic acids is 1. The standard InChI is InChI=1S/C23H31NO4/c1-15(2)10-11-18-22(3,28-18)20-19(26-4)17(12-13-23(20)14-27-23)24-21(25)16-8-6-5-7-9-16/h5-10,17-20H,11-14H2,1-4H3,(H,24,25)/t17-,18-,19-,20-,22+,23+/m1/s1. The number of hydrogen-bond acceptors (Lipinski definition) is 4. The van der Waals surface area contributed by atoms with Gasteiger partial charge in [0.05, 0.1) is 30.5 Å². The zero-order valence-electron chi connectivity index (χ0n) is 17.2. The van der Waals surface area contributed by atoms with Crippen molar-refractivity contribution >= 4 is 5.91 Å². The van der Waals surface area contributed by atoms with Crippen LogP contribution >= 0.6 is 0 Å². The van der Waals surface area contributed by atoms with E-state index in [1.807, 2.05) is 30.3 Å². The number of benzene rings is 1. The largest absolute Gasteiger partial charge is 0.379 e. The zero-order valence-corrected chi connectivity index (χ0v) is 17.2. The highest BCUT2D eigenvalue weighted by Crippen LogP contribution is 2.59. The SMILES string of the molecule is CO[C@@H]1[C@H](NC(=O)c2ccccc2)CC[C@]2(CO2)[C@H]1[C@@]1(C)O[C@@H]1CC=C(C)C. The molecule has 0 aromatic heterocycles. The average molecular weight is 386 g/mol. The summed E-state index contributed by atoms with van der Waals surface area (Å²) in [6.07, 6.45) is 4.95. The van der Waals surface area contributed by atoms with E-state index in [1.54, 1.807) is 7.11 Å². The lowest BCUT2D eigenvalue weighted by molar-refractivity contribution is -0.0660. The van der Waals surface area contributed by atoms with Crippen molar-refractivity contribution in [2.45, 2.75) is 69.5 Å². The van der Waals surface area contributed by atoms with E-state index in [0.717, 1.165) is 25.9 Å². The Bertz CT molecular complexity index is 753. The van der Waals surface area contributed by atoms with Gasteiger partial charge in [-0.2, -0.15) is 0 Å². The first-order valence-electron chi connectivity index (χ1n) is 10.2. The normalized spacial score (nSPS) is 38.7. The van der Waals surface area contributed by atoms with E-state index < -0.39 is 0 Å². The van der Waals surface area contributed by atoms with Gasteiger partial charge in [0, 0.05) is 18.6 Å². The van der Waals surface area contributed by atoms with E-state index in [0.29, 0.717) is 5.56 Å². The fourth-order valence-corrected chi connectivity index (χ4v) is 4.98. The van der Waals surface area contributed by atoms with Crippen molar-refractivity contribution in [2.24, 2.45) is 5.92 Å². The maximum atomic E-state index is 12.7. The van der Waals surface area contributed by atoms with Crippen LogP contribution in [0.1, 0.15) is 50.4 Å². The molecule has 152 valence electrons. The molecule has 5 heteroatoms. The monoisotopic (exact) mass is 385 g/mol. The van der Waals surface area contributed by atoms with Gasteiger partial charge < -0.3 is 19.5 Å².